The largest absolute Gasteiger partial charge is 0.498 e. The third kappa shape index (κ3) is 3.33. The van der Waals surface area contributed by atoms with Crippen LogP contribution in [-0.2, 0) is 9.53 Å². The quantitative estimate of drug-likeness (QED) is 0.517. The Morgan fingerprint density at radius 1 is 1.41 bits per heavy atom. The molecule has 3 N–H and O–H groups in total. The lowest BCUT2D eigenvalue weighted by molar-refractivity contribution is -0.117. The van der Waals surface area contributed by atoms with Crippen molar-refractivity contribution in [1.29, 1.82) is 0 Å². The van der Waals surface area contributed by atoms with Gasteiger partial charge in [-0.15, -0.1) is 6.58 Å². The van der Waals surface area contributed by atoms with Gasteiger partial charge < -0.3 is 14.9 Å². The van der Waals surface area contributed by atoms with Crippen molar-refractivity contribution in [3.8, 4) is 0 Å². The van der Waals surface area contributed by atoms with Gasteiger partial charge in [0.25, 0.3) is 0 Å². The number of Topliss-reactive ketones (excluding diaryl/α,β-unsaturated/α-hetero) is 1. The van der Waals surface area contributed by atoms with Crippen molar-refractivity contribution in [2.45, 2.75) is 77.2 Å². The molecule has 0 spiro atoms. The molecule has 5 aliphatic rings. The van der Waals surface area contributed by atoms with Crippen LogP contribution in [0.15, 0.2) is 46.8 Å². The molecule has 0 aromatic carbocycles. The molecular weight excluding hydrogens is 428 g/mol. The predicted molar refractivity (Wildman–Crippen MR) is 131 cm³/mol. The second-order valence-corrected chi connectivity index (χ2v) is 11.4. The number of carbonyl (C=O) groups excluding carboxylic acids is 1. The molecule has 2 heterocycles. The minimum Gasteiger partial charge on any atom is -0.498 e. The van der Waals surface area contributed by atoms with E-state index in [1.807, 2.05) is 17.2 Å². The summed E-state index contributed by atoms with van der Waals surface area (Å²) in [6, 6.07) is 0.0319. The molecule has 0 radical (unpaired) electrons. The summed E-state index contributed by atoms with van der Waals surface area (Å²) in [7, 11) is 1.64. The Balaban J connectivity index is 1.75. The van der Waals surface area contributed by atoms with E-state index in [0.717, 1.165) is 31.3 Å². The fourth-order valence-corrected chi connectivity index (χ4v) is 7.72. The first kappa shape index (κ1) is 24.0. The zero-order chi connectivity index (χ0) is 24.4. The fraction of sp³-hybridized carbons (Fsp3) is 0.679. The molecule has 4 unspecified atom stereocenters. The van der Waals surface area contributed by atoms with Crippen molar-refractivity contribution >= 4 is 5.78 Å². The van der Waals surface area contributed by atoms with Crippen LogP contribution in [0.4, 0.5) is 0 Å². The summed E-state index contributed by atoms with van der Waals surface area (Å²) in [6.07, 6.45) is 7.54. The molecule has 34 heavy (non-hydrogen) atoms. The van der Waals surface area contributed by atoms with Gasteiger partial charge in [0.1, 0.15) is 17.6 Å². The van der Waals surface area contributed by atoms with Crippen LogP contribution in [0.25, 0.3) is 0 Å². The van der Waals surface area contributed by atoms with Gasteiger partial charge in [0.05, 0.1) is 7.11 Å². The first-order valence-corrected chi connectivity index (χ1v) is 13.0. The van der Waals surface area contributed by atoms with E-state index in [-0.39, 0.29) is 41.4 Å². The summed E-state index contributed by atoms with van der Waals surface area (Å²) in [4.78, 5) is 13.7. The third-order valence-electron chi connectivity index (χ3n) is 9.16. The minimum absolute atomic E-state index is 0.0227. The molecule has 186 valence electrons. The molecule has 1 fully saturated rings. The van der Waals surface area contributed by atoms with Gasteiger partial charge in [0.15, 0.2) is 5.78 Å². The van der Waals surface area contributed by atoms with Gasteiger partial charge in [-0.3, -0.25) is 10.2 Å². The average molecular weight is 469 g/mol. The highest BCUT2D eigenvalue weighted by Crippen LogP contribution is 2.57. The van der Waals surface area contributed by atoms with Gasteiger partial charge in [0, 0.05) is 48.3 Å². The van der Waals surface area contributed by atoms with Crippen LogP contribution >= 0.6 is 0 Å². The number of hydrazine groups is 1. The molecule has 1 saturated heterocycles. The Kier molecular flexibility index (Phi) is 6.16. The topological polar surface area (TPSA) is 82.0 Å². The molecule has 3 aliphatic carbocycles. The monoisotopic (exact) mass is 468 g/mol. The van der Waals surface area contributed by atoms with E-state index in [1.54, 1.807) is 7.11 Å². The number of ketones is 1. The van der Waals surface area contributed by atoms with Crippen LogP contribution in [0, 0.1) is 29.6 Å². The number of nitrogens with zero attached hydrogens (tertiary/aromatic N) is 1. The maximum absolute atomic E-state index is 13.7. The van der Waals surface area contributed by atoms with Crippen molar-refractivity contribution in [2.24, 2.45) is 29.6 Å². The molecule has 5 rings (SSSR count). The molecule has 7 atom stereocenters. The lowest BCUT2D eigenvalue weighted by Gasteiger charge is -2.51. The molecule has 0 aromatic rings. The third-order valence-corrected chi connectivity index (χ3v) is 9.16. The van der Waals surface area contributed by atoms with Gasteiger partial charge in [0.2, 0.25) is 0 Å². The highest BCUT2D eigenvalue weighted by Gasteiger charge is 2.58. The van der Waals surface area contributed by atoms with Crippen molar-refractivity contribution in [3.63, 3.8) is 0 Å². The van der Waals surface area contributed by atoms with E-state index in [4.69, 9.17) is 4.74 Å². The first-order valence-electron chi connectivity index (χ1n) is 13.0. The minimum atomic E-state index is -1.15. The highest BCUT2D eigenvalue weighted by molar-refractivity contribution is 5.98. The van der Waals surface area contributed by atoms with E-state index >= 15 is 0 Å². The second-order valence-electron chi connectivity index (χ2n) is 11.4. The zero-order valence-electron chi connectivity index (χ0n) is 21.0. The number of hydrogen-bond donors (Lipinski definition) is 3. The SMILES string of the molecule is C=CC[C@H]1CNN2C3CC4=C5CC=C(OC)[C@]1(O)C5CCC4=C(C(=O)CC(C)C)C3C(C)[C@@H]2O. The zero-order valence-corrected chi connectivity index (χ0v) is 21.0. The summed E-state index contributed by atoms with van der Waals surface area (Å²) < 4.78 is 5.78. The molecule has 0 saturated carbocycles. The van der Waals surface area contributed by atoms with Gasteiger partial charge in [-0.05, 0) is 55.2 Å². The number of nitrogens with one attached hydrogen (secondary N) is 1. The molecule has 0 amide bonds. The number of rotatable bonds is 6. The lowest BCUT2D eigenvalue weighted by Crippen LogP contribution is -2.58. The second kappa shape index (κ2) is 8.74. The van der Waals surface area contributed by atoms with Crippen molar-refractivity contribution in [3.05, 3.63) is 46.8 Å². The van der Waals surface area contributed by atoms with Gasteiger partial charge in [-0.2, -0.15) is 0 Å². The Hall–Kier alpha value is -1.73. The molecular formula is C28H40N2O4. The van der Waals surface area contributed by atoms with E-state index in [9.17, 15) is 15.0 Å². The maximum atomic E-state index is 13.7. The van der Waals surface area contributed by atoms with Crippen LogP contribution in [0.5, 0.6) is 0 Å². The van der Waals surface area contributed by atoms with Crippen molar-refractivity contribution < 1.29 is 19.7 Å². The van der Waals surface area contributed by atoms with Crippen molar-refractivity contribution in [2.75, 3.05) is 13.7 Å². The molecule has 5 bridgehead atoms. The summed E-state index contributed by atoms with van der Waals surface area (Å²) in [5.74, 6) is 0.952. The summed E-state index contributed by atoms with van der Waals surface area (Å²) in [5.41, 5.74) is 7.05. The highest BCUT2D eigenvalue weighted by atomic mass is 16.5. The first-order chi connectivity index (χ1) is 16.2. The summed E-state index contributed by atoms with van der Waals surface area (Å²) >= 11 is 0. The van der Waals surface area contributed by atoms with E-state index in [1.165, 1.54) is 16.7 Å². The van der Waals surface area contributed by atoms with E-state index in [2.05, 4.69) is 32.8 Å². The molecule has 6 heteroatoms. The van der Waals surface area contributed by atoms with Gasteiger partial charge in [-0.25, -0.2) is 5.01 Å². The number of carbonyl (C=O) groups is 1. The Labute approximate surface area is 203 Å². The van der Waals surface area contributed by atoms with Gasteiger partial charge >= 0.3 is 0 Å². The number of hydrogen-bond acceptors (Lipinski definition) is 6. The van der Waals surface area contributed by atoms with E-state index < -0.39 is 11.8 Å². The summed E-state index contributed by atoms with van der Waals surface area (Å²) in [6.45, 7) is 10.7. The maximum Gasteiger partial charge on any atom is 0.159 e. The number of aliphatic hydroxyl groups is 2. The van der Waals surface area contributed by atoms with Crippen LogP contribution in [0.2, 0.25) is 0 Å². The number of methoxy groups -OCH3 is 1. The average Bonchev–Trinajstić information content (AvgIpc) is 3.03. The molecule has 6 nitrogen and oxygen atoms in total. The molecule has 0 aromatic heterocycles. The Bertz CT molecular complexity index is 979. The smallest absolute Gasteiger partial charge is 0.159 e. The van der Waals surface area contributed by atoms with Crippen LogP contribution in [0.1, 0.15) is 59.3 Å². The van der Waals surface area contributed by atoms with Crippen molar-refractivity contribution in [1.82, 2.24) is 10.4 Å². The van der Waals surface area contributed by atoms with E-state index in [0.29, 0.717) is 25.1 Å². The van der Waals surface area contributed by atoms with Gasteiger partial charge in [-0.1, -0.05) is 32.4 Å². The number of ether oxygens (including phenoxy) is 1. The van der Waals surface area contributed by atoms with Crippen LogP contribution in [-0.4, -0.2) is 52.5 Å². The fourth-order valence-electron chi connectivity index (χ4n) is 7.72. The molecule has 2 aliphatic heterocycles. The number of aliphatic hydroxyl groups excluding tert-OH is 1. The van der Waals surface area contributed by atoms with Crippen LogP contribution < -0.4 is 5.43 Å². The summed E-state index contributed by atoms with van der Waals surface area (Å²) in [5, 5.41) is 25.7. The predicted octanol–water partition coefficient (Wildman–Crippen LogP) is 3.64. The normalized spacial score (nSPS) is 39.4. The number of allylic oxidation sites excluding steroid dienone is 3. The standard InChI is InChI=1S/C28H40N2O4/c1-6-7-17-14-29-30-22-13-20-18-9-11-24(34-5)28(17,33)21(18)10-8-19(20)26(23(31)12-15(2)3)25(22)16(4)27(30)32/h6,11,15-17,21-22,25,27,29,32-33H,1,7-10,12-14H2,2-5H3/t16?,17-,21?,22?,25?,27-,28+/m0/s1. The van der Waals surface area contributed by atoms with Crippen LogP contribution in [0.3, 0.4) is 0 Å². The Morgan fingerprint density at radius 2 is 2.18 bits per heavy atom. The lowest BCUT2D eigenvalue weighted by atomic mass is 9.58. The Morgan fingerprint density at radius 3 is 2.85 bits per heavy atom.